The van der Waals surface area contributed by atoms with Crippen LogP contribution in [0.1, 0.15) is 39.7 Å². The van der Waals surface area contributed by atoms with Crippen molar-refractivity contribution in [3.8, 4) is 0 Å². The van der Waals surface area contributed by atoms with E-state index < -0.39 is 0 Å². The molecule has 1 aromatic carbocycles. The van der Waals surface area contributed by atoms with Crippen LogP contribution in [0.3, 0.4) is 0 Å². The Morgan fingerprint density at radius 3 is 2.37 bits per heavy atom. The van der Waals surface area contributed by atoms with Crippen molar-refractivity contribution in [3.05, 3.63) is 35.9 Å². The Kier molecular flexibility index (Phi) is 7.92. The maximum atomic E-state index is 3.37. The molecule has 2 heteroatoms. The molecule has 0 saturated carbocycles. The molecule has 0 aliphatic carbocycles. The molecule has 19 heavy (non-hydrogen) atoms. The molecule has 0 unspecified atom stereocenters. The fraction of sp³-hybridized carbons (Fsp3) is 0.529. The van der Waals surface area contributed by atoms with Crippen molar-refractivity contribution in [3.63, 3.8) is 0 Å². The maximum Gasteiger partial charge on any atom is 0.0140 e. The van der Waals surface area contributed by atoms with E-state index in [1.165, 1.54) is 22.6 Å². The molecule has 0 fully saturated rings. The summed E-state index contributed by atoms with van der Waals surface area (Å²) in [6.45, 7) is 9.82. The summed E-state index contributed by atoms with van der Waals surface area (Å²) in [6.07, 6.45) is 5.64. The molecule has 0 aliphatic rings. The number of thioether (sulfide) groups is 1. The molecule has 0 amide bonds. The molecule has 0 aromatic heterocycles. The first-order valence-corrected chi connectivity index (χ1v) is 8.19. The van der Waals surface area contributed by atoms with Crippen molar-refractivity contribution < 1.29 is 0 Å². The van der Waals surface area contributed by atoms with Crippen LogP contribution in [0.4, 0.5) is 0 Å². The standard InChI is InChI=1S/C17H27NS/c1-14(2)11-13-19-17-9-7-16(8-10-17)6-5-12-18-15(3)4/h5-10,14-15,18H,11-13H2,1-4H3. The Balaban J connectivity index is 2.34. The fourth-order valence-corrected chi connectivity index (χ4v) is 2.74. The molecule has 1 N–H and O–H groups in total. The van der Waals surface area contributed by atoms with Gasteiger partial charge in [0.25, 0.3) is 0 Å². The minimum atomic E-state index is 0.546. The van der Waals surface area contributed by atoms with Crippen LogP contribution in [-0.2, 0) is 0 Å². The molecule has 0 bridgehead atoms. The predicted molar refractivity (Wildman–Crippen MR) is 88.8 cm³/mol. The summed E-state index contributed by atoms with van der Waals surface area (Å²) >= 11 is 1.95. The lowest BCUT2D eigenvalue weighted by atomic mass is 10.2. The Morgan fingerprint density at radius 1 is 1.11 bits per heavy atom. The number of nitrogens with one attached hydrogen (secondary N) is 1. The third-order valence-electron chi connectivity index (χ3n) is 2.80. The van der Waals surface area contributed by atoms with Crippen LogP contribution in [0.25, 0.3) is 6.08 Å². The minimum absolute atomic E-state index is 0.546. The molecule has 0 heterocycles. The van der Waals surface area contributed by atoms with Gasteiger partial charge in [0.15, 0.2) is 0 Å². The topological polar surface area (TPSA) is 12.0 Å². The summed E-state index contributed by atoms with van der Waals surface area (Å²) < 4.78 is 0. The average molecular weight is 277 g/mol. The smallest absolute Gasteiger partial charge is 0.0140 e. The van der Waals surface area contributed by atoms with E-state index in [9.17, 15) is 0 Å². The zero-order valence-corrected chi connectivity index (χ0v) is 13.5. The summed E-state index contributed by atoms with van der Waals surface area (Å²) in [5, 5.41) is 3.37. The summed E-state index contributed by atoms with van der Waals surface area (Å²) in [6, 6.07) is 9.39. The van der Waals surface area contributed by atoms with Crippen LogP contribution in [0.5, 0.6) is 0 Å². The lowest BCUT2D eigenvalue weighted by Gasteiger charge is -2.05. The minimum Gasteiger partial charge on any atom is -0.311 e. The molecule has 1 nitrogen and oxygen atoms in total. The molecule has 1 rings (SSSR count). The van der Waals surface area contributed by atoms with Gasteiger partial charge < -0.3 is 5.32 Å². The van der Waals surface area contributed by atoms with Crippen molar-refractivity contribution >= 4 is 17.8 Å². The van der Waals surface area contributed by atoms with Crippen LogP contribution in [0, 0.1) is 5.92 Å². The van der Waals surface area contributed by atoms with Gasteiger partial charge in [-0.3, -0.25) is 0 Å². The Bertz CT molecular complexity index is 365. The van der Waals surface area contributed by atoms with Gasteiger partial charge in [-0.1, -0.05) is 52.0 Å². The zero-order valence-electron chi connectivity index (χ0n) is 12.6. The Morgan fingerprint density at radius 2 is 1.79 bits per heavy atom. The van der Waals surface area contributed by atoms with E-state index >= 15 is 0 Å². The van der Waals surface area contributed by atoms with Gasteiger partial charge in [0.05, 0.1) is 0 Å². The highest BCUT2D eigenvalue weighted by Gasteiger charge is 1.97. The van der Waals surface area contributed by atoms with Gasteiger partial charge in [0.1, 0.15) is 0 Å². The third-order valence-corrected chi connectivity index (χ3v) is 3.84. The number of hydrogen-bond donors (Lipinski definition) is 1. The third kappa shape index (κ3) is 8.12. The van der Waals surface area contributed by atoms with E-state index in [0.717, 1.165) is 12.5 Å². The maximum absolute atomic E-state index is 3.37. The summed E-state index contributed by atoms with van der Waals surface area (Å²) in [5.41, 5.74) is 1.28. The summed E-state index contributed by atoms with van der Waals surface area (Å²) in [5.74, 6) is 2.01. The van der Waals surface area contributed by atoms with Gasteiger partial charge in [-0.15, -0.1) is 11.8 Å². The van der Waals surface area contributed by atoms with Crippen LogP contribution >= 0.6 is 11.8 Å². The molecule has 1 aromatic rings. The molecular weight excluding hydrogens is 250 g/mol. The van der Waals surface area contributed by atoms with E-state index in [-0.39, 0.29) is 0 Å². The average Bonchev–Trinajstić information content (AvgIpc) is 2.36. The molecule has 0 atom stereocenters. The van der Waals surface area contributed by atoms with Gasteiger partial charge in [0, 0.05) is 17.5 Å². The van der Waals surface area contributed by atoms with E-state index in [1.807, 2.05) is 11.8 Å². The van der Waals surface area contributed by atoms with Crippen LogP contribution in [0.15, 0.2) is 35.2 Å². The Hall–Kier alpha value is -0.730. The van der Waals surface area contributed by atoms with Gasteiger partial charge in [-0.05, 0) is 35.8 Å². The van der Waals surface area contributed by atoms with Crippen LogP contribution in [0.2, 0.25) is 0 Å². The molecule has 106 valence electrons. The first kappa shape index (κ1) is 16.3. The van der Waals surface area contributed by atoms with E-state index in [0.29, 0.717) is 6.04 Å². The highest BCUT2D eigenvalue weighted by atomic mass is 32.2. The SMILES string of the molecule is CC(C)CCSc1ccc(C=CCNC(C)C)cc1. The molecular formula is C17H27NS. The lowest BCUT2D eigenvalue weighted by molar-refractivity contribution is 0.632. The van der Waals surface area contributed by atoms with Crippen molar-refractivity contribution in [1.29, 1.82) is 0 Å². The van der Waals surface area contributed by atoms with Crippen LogP contribution < -0.4 is 5.32 Å². The van der Waals surface area contributed by atoms with Gasteiger partial charge >= 0.3 is 0 Å². The zero-order chi connectivity index (χ0) is 14.1. The van der Waals surface area contributed by atoms with Crippen molar-refractivity contribution in [1.82, 2.24) is 5.32 Å². The number of rotatable bonds is 8. The Labute approximate surface area is 122 Å². The van der Waals surface area contributed by atoms with Gasteiger partial charge in [-0.25, -0.2) is 0 Å². The number of hydrogen-bond acceptors (Lipinski definition) is 2. The van der Waals surface area contributed by atoms with Gasteiger partial charge in [-0.2, -0.15) is 0 Å². The summed E-state index contributed by atoms with van der Waals surface area (Å²) in [7, 11) is 0. The second kappa shape index (κ2) is 9.22. The lowest BCUT2D eigenvalue weighted by Crippen LogP contribution is -2.22. The largest absolute Gasteiger partial charge is 0.311 e. The second-order valence-electron chi connectivity index (χ2n) is 5.57. The highest BCUT2D eigenvalue weighted by molar-refractivity contribution is 7.99. The van der Waals surface area contributed by atoms with Crippen molar-refractivity contribution in [2.24, 2.45) is 5.92 Å². The molecule has 0 spiro atoms. The van der Waals surface area contributed by atoms with Crippen LogP contribution in [-0.4, -0.2) is 18.3 Å². The quantitative estimate of drug-likeness (QED) is 0.683. The first-order valence-electron chi connectivity index (χ1n) is 7.20. The van der Waals surface area contributed by atoms with Crippen molar-refractivity contribution in [2.75, 3.05) is 12.3 Å². The monoisotopic (exact) mass is 277 g/mol. The van der Waals surface area contributed by atoms with E-state index in [4.69, 9.17) is 0 Å². The predicted octanol–water partition coefficient (Wildman–Crippen LogP) is 4.84. The fourth-order valence-electron chi connectivity index (χ4n) is 1.59. The van der Waals surface area contributed by atoms with E-state index in [1.54, 1.807) is 0 Å². The summed E-state index contributed by atoms with van der Waals surface area (Å²) in [4.78, 5) is 1.37. The normalized spacial score (nSPS) is 11.9. The molecule has 0 aliphatic heterocycles. The first-order chi connectivity index (χ1) is 9.08. The highest BCUT2D eigenvalue weighted by Crippen LogP contribution is 2.21. The van der Waals surface area contributed by atoms with E-state index in [2.05, 4.69) is 69.4 Å². The molecule has 0 saturated heterocycles. The van der Waals surface area contributed by atoms with Gasteiger partial charge in [0.2, 0.25) is 0 Å². The second-order valence-corrected chi connectivity index (χ2v) is 6.73. The number of benzene rings is 1. The molecule has 0 radical (unpaired) electrons. The van der Waals surface area contributed by atoms with Crippen molar-refractivity contribution in [2.45, 2.75) is 45.1 Å².